The van der Waals surface area contributed by atoms with Crippen LogP contribution in [0.4, 0.5) is 0 Å². The summed E-state index contributed by atoms with van der Waals surface area (Å²) in [5, 5.41) is 2.36. The van der Waals surface area contributed by atoms with Crippen LogP contribution in [0, 0.1) is 11.3 Å². The third-order valence-electron chi connectivity index (χ3n) is 4.94. The molecule has 0 saturated heterocycles. The van der Waals surface area contributed by atoms with Crippen LogP contribution in [0.2, 0.25) is 0 Å². The van der Waals surface area contributed by atoms with Crippen molar-refractivity contribution in [3.8, 4) is 0 Å². The van der Waals surface area contributed by atoms with E-state index >= 15 is 0 Å². The third-order valence-corrected chi connectivity index (χ3v) is 7.81. The first-order valence-corrected chi connectivity index (χ1v) is 13.7. The Balaban J connectivity index is 5.74. The fourth-order valence-electron chi connectivity index (χ4n) is 3.13. The van der Waals surface area contributed by atoms with Crippen molar-refractivity contribution < 1.29 is 23.9 Å². The van der Waals surface area contributed by atoms with Crippen LogP contribution in [-0.4, -0.2) is 77.7 Å². The fourth-order valence-corrected chi connectivity index (χ4v) is 6.06. The smallest absolute Gasteiger partial charge is 0.311 e. The molecule has 0 aromatic rings. The molecule has 0 spiro atoms. The van der Waals surface area contributed by atoms with Crippen LogP contribution in [0.25, 0.3) is 0 Å². The average molecular weight is 523 g/mol. The Morgan fingerprint density at radius 3 is 2.30 bits per heavy atom. The van der Waals surface area contributed by atoms with Crippen molar-refractivity contribution in [3.05, 3.63) is 0 Å². The minimum atomic E-state index is -1.06. The predicted octanol–water partition coefficient (Wildman–Crippen LogP) is 4.13. The lowest BCUT2D eigenvalue weighted by Gasteiger charge is -2.32. The quantitative estimate of drug-likeness (QED) is 0.194. The molecule has 3 atom stereocenters. The van der Waals surface area contributed by atoms with Gasteiger partial charge in [0.05, 0.1) is 23.7 Å². The molecule has 0 rings (SSSR count). The van der Waals surface area contributed by atoms with Crippen molar-refractivity contribution in [3.63, 3.8) is 0 Å². The van der Waals surface area contributed by atoms with Crippen LogP contribution in [0.1, 0.15) is 60.3 Å². The topological polar surface area (TPSA) is 84.9 Å². The Bertz CT molecular complexity index is 646. The average Bonchev–Trinajstić information content (AvgIpc) is 2.71. The van der Waals surface area contributed by atoms with Gasteiger partial charge in [0.2, 0.25) is 5.91 Å². The van der Waals surface area contributed by atoms with Crippen molar-refractivity contribution in [1.29, 1.82) is 0 Å². The number of rotatable bonds is 15. The number of nitrogens with zero attached hydrogens (tertiary/aromatic N) is 1. The van der Waals surface area contributed by atoms with E-state index in [-0.39, 0.29) is 31.4 Å². The molecular formula is C23H42N2O5S3. The van der Waals surface area contributed by atoms with Crippen LogP contribution >= 0.6 is 35.7 Å². The van der Waals surface area contributed by atoms with Crippen molar-refractivity contribution in [1.82, 2.24) is 10.2 Å². The molecule has 1 amide bonds. The highest BCUT2D eigenvalue weighted by molar-refractivity contribution is 8.47. The summed E-state index contributed by atoms with van der Waals surface area (Å²) in [6.45, 7) is 10.2. The molecule has 10 heteroatoms. The Morgan fingerprint density at radius 1 is 1.15 bits per heavy atom. The molecule has 0 aliphatic rings. The summed E-state index contributed by atoms with van der Waals surface area (Å²) in [4.78, 5) is 40.3. The maximum Gasteiger partial charge on any atom is 0.311 e. The Kier molecular flexibility index (Phi) is 16.3. The van der Waals surface area contributed by atoms with Crippen LogP contribution in [0.5, 0.6) is 0 Å². The number of amides is 1. The Hall–Kier alpha value is -0.840. The first-order chi connectivity index (χ1) is 15.4. The number of thioether (sulfide) groups is 2. The van der Waals surface area contributed by atoms with Gasteiger partial charge in [0, 0.05) is 12.6 Å². The number of nitrogens with one attached hydrogen (secondary N) is 1. The minimum absolute atomic E-state index is 0.0470. The summed E-state index contributed by atoms with van der Waals surface area (Å²) in [5.41, 5.74) is -1.06. The van der Waals surface area contributed by atoms with Crippen LogP contribution in [0.15, 0.2) is 0 Å². The number of likely N-dealkylation sites (N-methyl/N-ethyl adjacent to an activating group) is 1. The minimum Gasteiger partial charge on any atom is -0.469 e. The second-order valence-corrected chi connectivity index (χ2v) is 12.6. The molecule has 33 heavy (non-hydrogen) atoms. The second kappa shape index (κ2) is 16.7. The zero-order valence-electron chi connectivity index (χ0n) is 21.4. The van der Waals surface area contributed by atoms with Gasteiger partial charge in [-0.15, -0.1) is 11.8 Å². The van der Waals surface area contributed by atoms with Gasteiger partial charge in [-0.2, -0.15) is 0 Å². The van der Waals surface area contributed by atoms with E-state index in [0.29, 0.717) is 10.1 Å². The number of hydrogen-bond donors (Lipinski definition) is 1. The standard InChI is InChI=1S/C23H42N2O5S3/c1-9-10-13-32-22(31)33-18(19(26)24-16(2)3)15-23(5,14-17(4)20(27)29-8)21(28)30-12-11-25(6)7/h16-18H,9-15H2,1-8H3,(H,24,26). The summed E-state index contributed by atoms with van der Waals surface area (Å²) in [5.74, 6) is -0.627. The third kappa shape index (κ3) is 13.6. The van der Waals surface area contributed by atoms with Crippen LogP contribution in [0.3, 0.4) is 0 Å². The van der Waals surface area contributed by atoms with Crippen molar-refractivity contribution in [2.24, 2.45) is 11.3 Å². The Labute approximate surface area is 213 Å². The van der Waals surface area contributed by atoms with E-state index in [0.717, 1.165) is 18.6 Å². The monoisotopic (exact) mass is 522 g/mol. The van der Waals surface area contributed by atoms with Crippen molar-refractivity contribution >= 4 is 57.1 Å². The lowest BCUT2D eigenvalue weighted by molar-refractivity contribution is -0.158. The molecule has 0 aromatic carbocycles. The Morgan fingerprint density at radius 2 is 1.79 bits per heavy atom. The molecule has 0 aliphatic heterocycles. The summed E-state index contributed by atoms with van der Waals surface area (Å²) >= 11 is 8.40. The molecule has 0 fully saturated rings. The molecule has 0 radical (unpaired) electrons. The van der Waals surface area contributed by atoms with Crippen LogP contribution in [-0.2, 0) is 23.9 Å². The number of ether oxygens (including phenoxy) is 2. The molecule has 7 nitrogen and oxygen atoms in total. The van der Waals surface area contributed by atoms with E-state index in [1.807, 2.05) is 32.8 Å². The molecule has 0 bridgehead atoms. The number of carbonyl (C=O) groups excluding carboxylic acids is 3. The second-order valence-electron chi connectivity index (χ2n) is 9.05. The number of thiocarbonyl (C=S) groups is 1. The normalized spacial score (nSPS) is 15.0. The number of unbranched alkanes of at least 4 members (excludes halogenated alkanes) is 1. The molecule has 0 aromatic heterocycles. The SMILES string of the molecule is CCCCSC(=S)SC(CC(C)(CC(C)C(=O)OC)C(=O)OCCN(C)C)C(=O)NC(C)C. The maximum absolute atomic E-state index is 13.2. The molecule has 0 saturated carbocycles. The largest absolute Gasteiger partial charge is 0.469 e. The molecular weight excluding hydrogens is 480 g/mol. The van der Waals surface area contributed by atoms with Gasteiger partial charge in [-0.3, -0.25) is 14.4 Å². The zero-order valence-corrected chi connectivity index (χ0v) is 23.8. The lowest BCUT2D eigenvalue weighted by Crippen LogP contribution is -2.43. The first-order valence-electron chi connectivity index (χ1n) is 11.4. The van der Waals surface area contributed by atoms with Crippen molar-refractivity contribution in [2.45, 2.75) is 71.6 Å². The fraction of sp³-hybridized carbons (Fsp3) is 0.826. The number of methoxy groups -OCH3 is 1. The molecule has 0 aliphatic carbocycles. The van der Waals surface area contributed by atoms with Gasteiger partial charge in [-0.1, -0.05) is 44.2 Å². The number of hydrogen-bond acceptors (Lipinski definition) is 9. The van der Waals surface area contributed by atoms with Gasteiger partial charge in [0.1, 0.15) is 10.1 Å². The zero-order chi connectivity index (χ0) is 25.6. The highest BCUT2D eigenvalue weighted by Crippen LogP contribution is 2.38. The van der Waals surface area contributed by atoms with Crippen molar-refractivity contribution in [2.75, 3.05) is 40.1 Å². The summed E-state index contributed by atoms with van der Waals surface area (Å²) in [6.07, 6.45) is 2.52. The number of esters is 2. The van der Waals surface area contributed by atoms with Crippen LogP contribution < -0.4 is 5.32 Å². The van der Waals surface area contributed by atoms with Gasteiger partial charge in [-0.05, 0) is 59.9 Å². The van der Waals surface area contributed by atoms with Gasteiger partial charge in [0.25, 0.3) is 0 Å². The predicted molar refractivity (Wildman–Crippen MR) is 143 cm³/mol. The molecule has 192 valence electrons. The van der Waals surface area contributed by atoms with Gasteiger partial charge in [-0.25, -0.2) is 0 Å². The highest BCUT2D eigenvalue weighted by Gasteiger charge is 2.42. The number of carbonyl (C=O) groups is 3. The van der Waals surface area contributed by atoms with E-state index in [4.69, 9.17) is 21.7 Å². The summed E-state index contributed by atoms with van der Waals surface area (Å²) in [6, 6.07) is -0.0470. The van der Waals surface area contributed by atoms with Gasteiger partial charge >= 0.3 is 11.9 Å². The highest BCUT2D eigenvalue weighted by atomic mass is 32.2. The summed E-state index contributed by atoms with van der Waals surface area (Å²) in [7, 11) is 5.12. The molecule has 0 heterocycles. The first kappa shape index (κ1) is 32.2. The van der Waals surface area contributed by atoms with Gasteiger partial charge < -0.3 is 19.7 Å². The van der Waals surface area contributed by atoms with E-state index < -0.39 is 28.5 Å². The maximum atomic E-state index is 13.2. The van der Waals surface area contributed by atoms with E-state index in [2.05, 4.69) is 12.2 Å². The molecule has 1 N–H and O–H groups in total. The lowest BCUT2D eigenvalue weighted by atomic mass is 9.77. The molecule has 3 unspecified atom stereocenters. The van der Waals surface area contributed by atoms with Gasteiger partial charge in [0.15, 0.2) is 0 Å². The van der Waals surface area contributed by atoms with E-state index in [1.54, 1.807) is 25.6 Å². The summed E-state index contributed by atoms with van der Waals surface area (Å²) < 4.78 is 11.1. The van der Waals surface area contributed by atoms with E-state index in [1.165, 1.54) is 18.9 Å². The van der Waals surface area contributed by atoms with E-state index in [9.17, 15) is 14.4 Å².